The highest BCUT2D eigenvalue weighted by molar-refractivity contribution is 5.29. The van der Waals surface area contributed by atoms with Crippen LogP contribution in [0.15, 0.2) is 24.3 Å². The molecule has 0 bridgehead atoms. The molecular formula is C13H19N. The van der Waals surface area contributed by atoms with Crippen molar-refractivity contribution in [3.63, 3.8) is 0 Å². The minimum absolute atomic E-state index is 0.642. The highest BCUT2D eigenvalue weighted by Gasteiger charge is 2.21. The van der Waals surface area contributed by atoms with Gasteiger partial charge in [0.2, 0.25) is 0 Å². The monoisotopic (exact) mass is 189 g/mol. The van der Waals surface area contributed by atoms with Crippen molar-refractivity contribution in [2.45, 2.75) is 32.2 Å². The molecule has 0 fully saturated rings. The van der Waals surface area contributed by atoms with Gasteiger partial charge in [-0.25, -0.2) is 0 Å². The fraction of sp³-hybridized carbons (Fsp3) is 0.538. The zero-order valence-corrected chi connectivity index (χ0v) is 9.09. The average molecular weight is 189 g/mol. The molecule has 14 heavy (non-hydrogen) atoms. The molecule has 0 saturated carbocycles. The molecule has 0 spiro atoms. The van der Waals surface area contributed by atoms with Crippen LogP contribution in [0.2, 0.25) is 0 Å². The summed E-state index contributed by atoms with van der Waals surface area (Å²) in [6.45, 7) is 2.29. The number of nitrogens with one attached hydrogen (secondary N) is 1. The van der Waals surface area contributed by atoms with E-state index < -0.39 is 0 Å². The lowest BCUT2D eigenvalue weighted by Gasteiger charge is -2.29. The number of hydrogen-bond donors (Lipinski definition) is 1. The van der Waals surface area contributed by atoms with Gasteiger partial charge in [0.1, 0.15) is 0 Å². The quantitative estimate of drug-likeness (QED) is 0.753. The third kappa shape index (κ3) is 1.83. The maximum Gasteiger partial charge on any atom is 0.00672 e. The molecule has 76 valence electrons. The second-order valence-corrected chi connectivity index (χ2v) is 4.35. The van der Waals surface area contributed by atoms with Gasteiger partial charge in [-0.2, -0.15) is 0 Å². The molecule has 1 aromatic rings. The standard InChI is InChI=1S/C13H19N/c1-10(14-2)12-8-7-11-5-3-4-6-13(11)9-12/h3-6,10,12,14H,7-9H2,1-2H3. The first kappa shape index (κ1) is 9.72. The van der Waals surface area contributed by atoms with Crippen molar-refractivity contribution in [2.24, 2.45) is 5.92 Å². The van der Waals surface area contributed by atoms with E-state index >= 15 is 0 Å². The largest absolute Gasteiger partial charge is 0.317 e. The summed E-state index contributed by atoms with van der Waals surface area (Å²) in [4.78, 5) is 0. The topological polar surface area (TPSA) is 12.0 Å². The normalized spacial score (nSPS) is 22.9. The van der Waals surface area contributed by atoms with E-state index in [0.29, 0.717) is 6.04 Å². The van der Waals surface area contributed by atoms with Crippen LogP contribution in [0, 0.1) is 5.92 Å². The van der Waals surface area contributed by atoms with Gasteiger partial charge in [0.15, 0.2) is 0 Å². The van der Waals surface area contributed by atoms with E-state index in [1.165, 1.54) is 19.3 Å². The lowest BCUT2D eigenvalue weighted by atomic mass is 9.80. The van der Waals surface area contributed by atoms with E-state index in [4.69, 9.17) is 0 Å². The predicted octanol–water partition coefficient (Wildman–Crippen LogP) is 2.40. The zero-order chi connectivity index (χ0) is 9.97. The minimum atomic E-state index is 0.642. The average Bonchev–Trinajstić information content (AvgIpc) is 2.27. The van der Waals surface area contributed by atoms with E-state index in [9.17, 15) is 0 Å². The molecule has 1 aromatic carbocycles. The van der Waals surface area contributed by atoms with Gasteiger partial charge < -0.3 is 5.32 Å². The van der Waals surface area contributed by atoms with Crippen molar-refractivity contribution in [3.05, 3.63) is 35.4 Å². The lowest BCUT2D eigenvalue weighted by molar-refractivity contribution is 0.354. The fourth-order valence-electron chi connectivity index (χ4n) is 2.39. The predicted molar refractivity (Wildman–Crippen MR) is 60.5 cm³/mol. The van der Waals surface area contributed by atoms with Crippen LogP contribution >= 0.6 is 0 Å². The maximum atomic E-state index is 3.37. The van der Waals surface area contributed by atoms with Gasteiger partial charge in [-0.1, -0.05) is 24.3 Å². The smallest absolute Gasteiger partial charge is 0.00672 e. The molecule has 2 atom stereocenters. The van der Waals surface area contributed by atoms with Crippen LogP contribution < -0.4 is 5.32 Å². The van der Waals surface area contributed by atoms with E-state index in [2.05, 4.69) is 43.6 Å². The number of rotatable bonds is 2. The van der Waals surface area contributed by atoms with Crippen molar-refractivity contribution in [3.8, 4) is 0 Å². The minimum Gasteiger partial charge on any atom is -0.317 e. The molecule has 0 heterocycles. The van der Waals surface area contributed by atoms with Gasteiger partial charge in [-0.3, -0.25) is 0 Å². The summed E-state index contributed by atoms with van der Waals surface area (Å²) >= 11 is 0. The number of benzene rings is 1. The highest BCUT2D eigenvalue weighted by Crippen LogP contribution is 2.27. The molecule has 0 amide bonds. The van der Waals surface area contributed by atoms with Gasteiger partial charge >= 0.3 is 0 Å². The zero-order valence-electron chi connectivity index (χ0n) is 9.09. The van der Waals surface area contributed by atoms with Gasteiger partial charge in [-0.05, 0) is 50.3 Å². The molecule has 2 rings (SSSR count). The Kier molecular flexibility index (Phi) is 2.87. The summed E-state index contributed by atoms with van der Waals surface area (Å²) in [7, 11) is 2.06. The molecule has 0 aromatic heterocycles. The van der Waals surface area contributed by atoms with Gasteiger partial charge in [0.25, 0.3) is 0 Å². The van der Waals surface area contributed by atoms with Gasteiger partial charge in [-0.15, -0.1) is 0 Å². The van der Waals surface area contributed by atoms with Crippen LogP contribution in [0.3, 0.4) is 0 Å². The maximum absolute atomic E-state index is 3.37. The van der Waals surface area contributed by atoms with Crippen molar-refractivity contribution >= 4 is 0 Å². The van der Waals surface area contributed by atoms with Crippen LogP contribution in [0.5, 0.6) is 0 Å². The Balaban J connectivity index is 2.13. The van der Waals surface area contributed by atoms with Crippen LogP contribution in [0.25, 0.3) is 0 Å². The number of fused-ring (bicyclic) bond motifs is 1. The molecule has 0 saturated heterocycles. The molecule has 1 heteroatoms. The van der Waals surface area contributed by atoms with Crippen LogP contribution in [0.4, 0.5) is 0 Å². The summed E-state index contributed by atoms with van der Waals surface area (Å²) in [5, 5.41) is 3.37. The van der Waals surface area contributed by atoms with Crippen molar-refractivity contribution < 1.29 is 0 Å². The third-order valence-corrected chi connectivity index (χ3v) is 3.55. The molecule has 0 radical (unpaired) electrons. The Morgan fingerprint density at radius 3 is 2.71 bits per heavy atom. The first-order valence-electron chi connectivity index (χ1n) is 5.55. The summed E-state index contributed by atoms with van der Waals surface area (Å²) in [6, 6.07) is 9.51. The Hall–Kier alpha value is -0.820. The van der Waals surface area contributed by atoms with Crippen LogP contribution in [-0.2, 0) is 12.8 Å². The lowest BCUT2D eigenvalue weighted by Crippen LogP contribution is -2.34. The van der Waals surface area contributed by atoms with Crippen molar-refractivity contribution in [1.29, 1.82) is 0 Å². The van der Waals surface area contributed by atoms with Gasteiger partial charge in [0.05, 0.1) is 0 Å². The second kappa shape index (κ2) is 4.14. The van der Waals surface area contributed by atoms with E-state index in [0.717, 1.165) is 5.92 Å². The molecule has 2 unspecified atom stereocenters. The first-order valence-corrected chi connectivity index (χ1v) is 5.55. The first-order chi connectivity index (χ1) is 6.81. The van der Waals surface area contributed by atoms with E-state index in [1.54, 1.807) is 11.1 Å². The summed E-state index contributed by atoms with van der Waals surface area (Å²) in [5.41, 5.74) is 3.12. The van der Waals surface area contributed by atoms with Crippen molar-refractivity contribution in [1.82, 2.24) is 5.32 Å². The van der Waals surface area contributed by atoms with Crippen LogP contribution in [0.1, 0.15) is 24.5 Å². The molecule has 1 N–H and O–H groups in total. The Labute approximate surface area is 86.5 Å². The summed E-state index contributed by atoms with van der Waals surface area (Å²) in [6.07, 6.45) is 3.84. The fourth-order valence-corrected chi connectivity index (χ4v) is 2.39. The third-order valence-electron chi connectivity index (χ3n) is 3.55. The molecular weight excluding hydrogens is 170 g/mol. The summed E-state index contributed by atoms with van der Waals surface area (Å²) in [5.74, 6) is 0.815. The Morgan fingerprint density at radius 1 is 1.29 bits per heavy atom. The Morgan fingerprint density at radius 2 is 2.00 bits per heavy atom. The molecule has 1 nitrogen and oxygen atoms in total. The number of aryl methyl sites for hydroxylation is 1. The molecule has 0 aliphatic heterocycles. The van der Waals surface area contributed by atoms with Gasteiger partial charge in [0, 0.05) is 6.04 Å². The SMILES string of the molecule is CNC(C)C1CCc2ccccc2C1. The second-order valence-electron chi connectivity index (χ2n) is 4.35. The van der Waals surface area contributed by atoms with E-state index in [1.807, 2.05) is 0 Å². The Bertz CT molecular complexity index is 306. The molecule has 1 aliphatic rings. The molecule has 1 aliphatic carbocycles. The van der Waals surface area contributed by atoms with Crippen LogP contribution in [-0.4, -0.2) is 13.1 Å². The number of hydrogen-bond acceptors (Lipinski definition) is 1. The highest BCUT2D eigenvalue weighted by atomic mass is 14.9. The summed E-state index contributed by atoms with van der Waals surface area (Å²) < 4.78 is 0. The van der Waals surface area contributed by atoms with Crippen molar-refractivity contribution in [2.75, 3.05) is 7.05 Å². The van der Waals surface area contributed by atoms with E-state index in [-0.39, 0.29) is 0 Å².